The molecule has 104 valence electrons. The number of aliphatic hydroxyl groups excluding tert-OH is 1. The molecule has 2 fully saturated rings. The molecule has 0 aliphatic heterocycles. The number of aliphatic hydroxyl groups is 1. The Morgan fingerprint density at radius 3 is 2.74 bits per heavy atom. The number of rotatable bonds is 4. The second-order valence-corrected chi connectivity index (χ2v) is 5.84. The minimum Gasteiger partial charge on any atom is -0.394 e. The molecule has 2 saturated carbocycles. The third kappa shape index (κ3) is 2.52. The zero-order valence-electron chi connectivity index (χ0n) is 11.1. The van der Waals surface area contributed by atoms with E-state index in [4.69, 9.17) is 0 Å². The van der Waals surface area contributed by atoms with Crippen molar-refractivity contribution in [2.75, 3.05) is 11.9 Å². The van der Waals surface area contributed by atoms with Crippen molar-refractivity contribution >= 4 is 5.82 Å². The number of anilines is 1. The molecule has 1 heterocycles. The second kappa shape index (κ2) is 4.96. The number of hydrogen-bond donors (Lipinski definition) is 2. The maximum atomic E-state index is 12.3. The lowest BCUT2D eigenvalue weighted by molar-refractivity contribution is 0.172. The normalized spacial score (nSPS) is 22.2. The number of nitrogens with one attached hydrogen (secondary N) is 1. The Morgan fingerprint density at radius 1 is 1.37 bits per heavy atom. The lowest BCUT2D eigenvalue weighted by Crippen LogP contribution is -2.46. The predicted molar refractivity (Wildman–Crippen MR) is 73.3 cm³/mol. The average molecular weight is 263 g/mol. The lowest BCUT2D eigenvalue weighted by atomic mass is 9.82. The van der Waals surface area contributed by atoms with Crippen molar-refractivity contribution in [3.8, 4) is 0 Å². The highest BCUT2D eigenvalue weighted by atomic mass is 16.3. The Balaban J connectivity index is 1.85. The summed E-state index contributed by atoms with van der Waals surface area (Å²) in [6, 6.07) is 0.354. The molecule has 0 saturated heterocycles. The quantitative estimate of drug-likeness (QED) is 0.867. The monoisotopic (exact) mass is 263 g/mol. The van der Waals surface area contributed by atoms with E-state index < -0.39 is 0 Å². The molecule has 5 nitrogen and oxygen atoms in total. The lowest BCUT2D eigenvalue weighted by Gasteiger charge is -2.36. The molecular weight excluding hydrogens is 242 g/mol. The maximum absolute atomic E-state index is 12.3. The highest BCUT2D eigenvalue weighted by Crippen LogP contribution is 2.34. The van der Waals surface area contributed by atoms with Crippen LogP contribution >= 0.6 is 0 Å². The molecule has 0 unspecified atom stereocenters. The first-order chi connectivity index (χ1) is 9.24. The van der Waals surface area contributed by atoms with Gasteiger partial charge in [-0.15, -0.1) is 0 Å². The predicted octanol–water partition coefficient (Wildman–Crippen LogP) is 1.69. The molecule has 0 aromatic carbocycles. The van der Waals surface area contributed by atoms with E-state index in [1.54, 1.807) is 17.0 Å². The van der Waals surface area contributed by atoms with Gasteiger partial charge in [-0.05, 0) is 25.7 Å². The molecule has 0 amide bonds. The van der Waals surface area contributed by atoms with Gasteiger partial charge in [0.05, 0.1) is 12.1 Å². The van der Waals surface area contributed by atoms with Crippen LogP contribution in [0.15, 0.2) is 17.2 Å². The first-order valence-electron chi connectivity index (χ1n) is 7.20. The molecule has 2 N–H and O–H groups in total. The van der Waals surface area contributed by atoms with Crippen LogP contribution in [0.4, 0.5) is 5.82 Å². The van der Waals surface area contributed by atoms with Gasteiger partial charge in [-0.1, -0.05) is 19.3 Å². The van der Waals surface area contributed by atoms with Crippen molar-refractivity contribution in [3.05, 3.63) is 22.7 Å². The van der Waals surface area contributed by atoms with Gasteiger partial charge in [-0.3, -0.25) is 4.79 Å². The van der Waals surface area contributed by atoms with E-state index in [0.29, 0.717) is 11.9 Å². The van der Waals surface area contributed by atoms with Crippen molar-refractivity contribution in [2.24, 2.45) is 0 Å². The number of nitrogens with zero attached hydrogens (tertiary/aromatic N) is 2. The van der Waals surface area contributed by atoms with Gasteiger partial charge in [-0.25, -0.2) is 4.98 Å². The molecular formula is C14H21N3O2. The summed E-state index contributed by atoms with van der Waals surface area (Å²) in [6.45, 7) is 0.0619. The summed E-state index contributed by atoms with van der Waals surface area (Å²) >= 11 is 0. The summed E-state index contributed by atoms with van der Waals surface area (Å²) in [7, 11) is 0. The summed E-state index contributed by atoms with van der Waals surface area (Å²) < 4.78 is 1.77. The molecule has 3 rings (SSSR count). The van der Waals surface area contributed by atoms with E-state index in [0.717, 1.165) is 38.5 Å². The van der Waals surface area contributed by atoms with Crippen LogP contribution < -0.4 is 10.9 Å². The summed E-state index contributed by atoms with van der Waals surface area (Å²) in [6.07, 6.45) is 10.8. The Hall–Kier alpha value is -1.36. The highest BCUT2D eigenvalue weighted by molar-refractivity contribution is 5.36. The highest BCUT2D eigenvalue weighted by Gasteiger charge is 2.33. The first-order valence-corrected chi connectivity index (χ1v) is 7.20. The van der Waals surface area contributed by atoms with Crippen molar-refractivity contribution in [1.82, 2.24) is 9.55 Å². The smallest absolute Gasteiger partial charge is 0.293 e. The second-order valence-electron chi connectivity index (χ2n) is 5.84. The fourth-order valence-electron chi connectivity index (χ4n) is 2.95. The molecule has 0 atom stereocenters. The van der Waals surface area contributed by atoms with Gasteiger partial charge in [0.1, 0.15) is 0 Å². The SMILES string of the molecule is O=c1c(NC2(CO)CCCCC2)nccn1C1CC1. The number of aromatic nitrogens is 2. The molecule has 0 radical (unpaired) electrons. The number of hydrogen-bond acceptors (Lipinski definition) is 4. The summed E-state index contributed by atoms with van der Waals surface area (Å²) in [4.78, 5) is 16.5. The van der Waals surface area contributed by atoms with Crippen LogP contribution in [0.3, 0.4) is 0 Å². The van der Waals surface area contributed by atoms with Gasteiger partial charge in [0.2, 0.25) is 0 Å². The van der Waals surface area contributed by atoms with Crippen LogP contribution in [0.25, 0.3) is 0 Å². The van der Waals surface area contributed by atoms with Crippen molar-refractivity contribution in [2.45, 2.75) is 56.5 Å². The molecule has 1 aromatic heterocycles. The minimum atomic E-state index is -0.354. The van der Waals surface area contributed by atoms with Gasteiger partial charge in [0.25, 0.3) is 5.56 Å². The topological polar surface area (TPSA) is 67.2 Å². The zero-order valence-corrected chi connectivity index (χ0v) is 11.1. The fraction of sp³-hybridized carbons (Fsp3) is 0.714. The van der Waals surface area contributed by atoms with Crippen LogP contribution in [0.5, 0.6) is 0 Å². The van der Waals surface area contributed by atoms with Crippen molar-refractivity contribution in [1.29, 1.82) is 0 Å². The molecule has 2 aliphatic rings. The summed E-state index contributed by atoms with van der Waals surface area (Å²) in [5, 5.41) is 12.9. The molecule has 2 aliphatic carbocycles. The van der Waals surface area contributed by atoms with Crippen molar-refractivity contribution < 1.29 is 5.11 Å². The van der Waals surface area contributed by atoms with Gasteiger partial charge < -0.3 is 15.0 Å². The third-order valence-electron chi connectivity index (χ3n) is 4.31. The largest absolute Gasteiger partial charge is 0.394 e. The minimum absolute atomic E-state index is 0.0524. The molecule has 19 heavy (non-hydrogen) atoms. The van der Waals surface area contributed by atoms with Crippen LogP contribution in [-0.4, -0.2) is 26.8 Å². The zero-order chi connectivity index (χ0) is 13.3. The van der Waals surface area contributed by atoms with Gasteiger partial charge in [0, 0.05) is 18.4 Å². The van der Waals surface area contributed by atoms with Crippen LogP contribution in [0.1, 0.15) is 51.0 Å². The Labute approximate surface area is 112 Å². The Kier molecular flexibility index (Phi) is 3.31. The van der Waals surface area contributed by atoms with Crippen LogP contribution in [0, 0.1) is 0 Å². The van der Waals surface area contributed by atoms with E-state index in [1.165, 1.54) is 6.42 Å². The Bertz CT molecular complexity index is 502. The Morgan fingerprint density at radius 2 is 2.11 bits per heavy atom. The van der Waals surface area contributed by atoms with E-state index in [1.807, 2.05) is 0 Å². The first kappa shape index (κ1) is 12.7. The fourth-order valence-corrected chi connectivity index (χ4v) is 2.95. The van der Waals surface area contributed by atoms with Crippen LogP contribution in [-0.2, 0) is 0 Å². The van der Waals surface area contributed by atoms with Gasteiger partial charge >= 0.3 is 0 Å². The van der Waals surface area contributed by atoms with E-state index in [2.05, 4.69) is 10.3 Å². The summed E-state index contributed by atoms with van der Waals surface area (Å²) in [5.74, 6) is 0.394. The molecule has 1 aromatic rings. The average Bonchev–Trinajstić information content (AvgIpc) is 3.27. The standard InChI is InChI=1S/C14H21N3O2/c18-10-14(6-2-1-3-7-14)16-12-13(19)17(9-8-15-12)11-4-5-11/h8-9,11,18H,1-7,10H2,(H,15,16). The van der Waals surface area contributed by atoms with E-state index in [9.17, 15) is 9.90 Å². The molecule has 0 spiro atoms. The van der Waals surface area contributed by atoms with E-state index >= 15 is 0 Å². The molecule has 5 heteroatoms. The van der Waals surface area contributed by atoms with Crippen LogP contribution in [0.2, 0.25) is 0 Å². The maximum Gasteiger partial charge on any atom is 0.293 e. The van der Waals surface area contributed by atoms with Gasteiger partial charge in [-0.2, -0.15) is 0 Å². The summed E-state index contributed by atoms with van der Waals surface area (Å²) in [5.41, 5.74) is -0.406. The van der Waals surface area contributed by atoms with Gasteiger partial charge in [0.15, 0.2) is 5.82 Å². The van der Waals surface area contributed by atoms with Crippen molar-refractivity contribution in [3.63, 3.8) is 0 Å². The molecule has 0 bridgehead atoms. The van der Waals surface area contributed by atoms with E-state index in [-0.39, 0.29) is 17.7 Å². The third-order valence-corrected chi connectivity index (χ3v) is 4.31.